The van der Waals surface area contributed by atoms with Crippen molar-refractivity contribution in [1.82, 2.24) is 9.21 Å². The van der Waals surface area contributed by atoms with E-state index in [0.717, 1.165) is 5.69 Å². The zero-order valence-corrected chi connectivity index (χ0v) is 12.3. The van der Waals surface area contributed by atoms with Gasteiger partial charge in [-0.2, -0.15) is 4.31 Å². The minimum atomic E-state index is -3.12. The molecule has 6 nitrogen and oxygen atoms in total. The van der Waals surface area contributed by atoms with Crippen molar-refractivity contribution in [2.24, 2.45) is 0 Å². The predicted molar refractivity (Wildman–Crippen MR) is 77.9 cm³/mol. The maximum Gasteiger partial charge on any atom is 0.238 e. The third-order valence-electron chi connectivity index (χ3n) is 3.23. The Hall–Kier alpha value is -1.44. The number of piperazine rings is 1. The summed E-state index contributed by atoms with van der Waals surface area (Å²) in [6, 6.07) is 9.28. The Labute approximate surface area is 119 Å². The van der Waals surface area contributed by atoms with E-state index in [4.69, 9.17) is 0 Å². The maximum absolute atomic E-state index is 11.9. The van der Waals surface area contributed by atoms with E-state index in [-0.39, 0.29) is 12.5 Å². The van der Waals surface area contributed by atoms with Gasteiger partial charge in [0.2, 0.25) is 15.9 Å². The lowest BCUT2D eigenvalue weighted by atomic mass is 10.3. The number of hydrogen-bond acceptors (Lipinski definition) is 4. The van der Waals surface area contributed by atoms with Crippen LogP contribution in [0.3, 0.4) is 0 Å². The lowest BCUT2D eigenvalue weighted by Gasteiger charge is -2.32. The third kappa shape index (κ3) is 4.29. The van der Waals surface area contributed by atoms with E-state index in [1.165, 1.54) is 10.6 Å². The van der Waals surface area contributed by atoms with E-state index < -0.39 is 10.0 Å². The van der Waals surface area contributed by atoms with Crippen LogP contribution in [0.5, 0.6) is 0 Å². The quantitative estimate of drug-likeness (QED) is 0.862. The van der Waals surface area contributed by atoms with Crippen molar-refractivity contribution in [3.05, 3.63) is 30.3 Å². The number of amides is 1. The largest absolute Gasteiger partial charge is 0.325 e. The molecule has 110 valence electrons. The number of nitrogens with zero attached hydrogens (tertiary/aromatic N) is 2. The number of para-hydroxylation sites is 1. The Bertz CT molecular complexity index is 551. The Morgan fingerprint density at radius 3 is 2.30 bits per heavy atom. The van der Waals surface area contributed by atoms with Gasteiger partial charge in [0.1, 0.15) is 0 Å². The minimum absolute atomic E-state index is 0.0796. The predicted octanol–water partition coefficient (Wildman–Crippen LogP) is 0.202. The summed E-state index contributed by atoms with van der Waals surface area (Å²) in [4.78, 5) is 13.8. The van der Waals surface area contributed by atoms with Crippen LogP contribution >= 0.6 is 0 Å². The van der Waals surface area contributed by atoms with E-state index in [0.29, 0.717) is 26.2 Å². The van der Waals surface area contributed by atoms with Gasteiger partial charge in [0.05, 0.1) is 12.8 Å². The van der Waals surface area contributed by atoms with Gasteiger partial charge in [-0.05, 0) is 12.1 Å². The lowest BCUT2D eigenvalue weighted by molar-refractivity contribution is -0.117. The average molecular weight is 297 g/mol. The Morgan fingerprint density at radius 1 is 1.15 bits per heavy atom. The van der Waals surface area contributed by atoms with E-state index in [9.17, 15) is 13.2 Å². The molecule has 1 aromatic rings. The fourth-order valence-electron chi connectivity index (χ4n) is 2.14. The van der Waals surface area contributed by atoms with Gasteiger partial charge in [-0.3, -0.25) is 9.69 Å². The number of carbonyl (C=O) groups is 1. The van der Waals surface area contributed by atoms with Crippen molar-refractivity contribution in [2.75, 3.05) is 44.3 Å². The smallest absolute Gasteiger partial charge is 0.238 e. The number of carbonyl (C=O) groups excluding carboxylic acids is 1. The second kappa shape index (κ2) is 6.34. The van der Waals surface area contributed by atoms with Crippen molar-refractivity contribution in [3.63, 3.8) is 0 Å². The molecule has 1 N–H and O–H groups in total. The zero-order chi connectivity index (χ0) is 14.6. The first-order valence-electron chi connectivity index (χ1n) is 6.47. The number of nitrogens with one attached hydrogen (secondary N) is 1. The molecule has 0 bridgehead atoms. The van der Waals surface area contributed by atoms with E-state index in [1.54, 1.807) is 0 Å². The molecule has 1 aliphatic heterocycles. The highest BCUT2D eigenvalue weighted by Gasteiger charge is 2.24. The van der Waals surface area contributed by atoms with Gasteiger partial charge in [-0.15, -0.1) is 0 Å². The second-order valence-corrected chi connectivity index (χ2v) is 6.83. The number of rotatable bonds is 4. The first kappa shape index (κ1) is 15.0. The normalized spacial score (nSPS) is 17.9. The van der Waals surface area contributed by atoms with Gasteiger partial charge in [0.15, 0.2) is 0 Å². The van der Waals surface area contributed by atoms with Crippen LogP contribution in [0.25, 0.3) is 0 Å². The van der Waals surface area contributed by atoms with Crippen LogP contribution in [0.15, 0.2) is 30.3 Å². The summed E-state index contributed by atoms with van der Waals surface area (Å²) in [6.07, 6.45) is 1.21. The summed E-state index contributed by atoms with van der Waals surface area (Å²) in [5.74, 6) is -0.0796. The van der Waals surface area contributed by atoms with Crippen LogP contribution in [0.2, 0.25) is 0 Å². The topological polar surface area (TPSA) is 69.7 Å². The molecule has 1 fully saturated rings. The summed E-state index contributed by atoms with van der Waals surface area (Å²) in [5.41, 5.74) is 0.771. The van der Waals surface area contributed by atoms with Crippen LogP contribution in [0.4, 0.5) is 5.69 Å². The molecule has 7 heteroatoms. The molecule has 0 unspecified atom stereocenters. The molecule has 0 atom stereocenters. The van der Waals surface area contributed by atoms with Crippen LogP contribution in [-0.2, 0) is 14.8 Å². The molecule has 1 amide bonds. The molecule has 20 heavy (non-hydrogen) atoms. The zero-order valence-electron chi connectivity index (χ0n) is 11.4. The first-order chi connectivity index (χ1) is 9.45. The van der Waals surface area contributed by atoms with Gasteiger partial charge in [-0.25, -0.2) is 8.42 Å². The van der Waals surface area contributed by atoms with E-state index in [1.807, 2.05) is 35.2 Å². The fourth-order valence-corrected chi connectivity index (χ4v) is 2.97. The summed E-state index contributed by atoms with van der Waals surface area (Å²) < 4.78 is 24.2. The SMILES string of the molecule is CS(=O)(=O)N1CCN(CC(=O)Nc2ccccc2)CC1. The van der Waals surface area contributed by atoms with E-state index >= 15 is 0 Å². The highest BCUT2D eigenvalue weighted by atomic mass is 32.2. The fraction of sp³-hybridized carbons (Fsp3) is 0.462. The number of sulfonamides is 1. The minimum Gasteiger partial charge on any atom is -0.325 e. The Morgan fingerprint density at radius 2 is 1.75 bits per heavy atom. The van der Waals surface area contributed by atoms with Crippen LogP contribution in [-0.4, -0.2) is 62.5 Å². The summed E-state index contributed by atoms with van der Waals surface area (Å²) >= 11 is 0. The second-order valence-electron chi connectivity index (χ2n) is 4.85. The number of benzene rings is 1. The molecule has 1 heterocycles. The third-order valence-corrected chi connectivity index (χ3v) is 4.53. The van der Waals surface area contributed by atoms with Gasteiger partial charge in [-0.1, -0.05) is 18.2 Å². The molecule has 1 saturated heterocycles. The molecule has 1 aliphatic rings. The van der Waals surface area contributed by atoms with Gasteiger partial charge < -0.3 is 5.32 Å². The number of hydrogen-bond donors (Lipinski definition) is 1. The molecule has 1 aromatic carbocycles. The monoisotopic (exact) mass is 297 g/mol. The molecule has 0 radical (unpaired) electrons. The maximum atomic E-state index is 11.9. The van der Waals surface area contributed by atoms with Crippen LogP contribution < -0.4 is 5.32 Å². The van der Waals surface area contributed by atoms with Crippen molar-refractivity contribution < 1.29 is 13.2 Å². The first-order valence-corrected chi connectivity index (χ1v) is 8.32. The van der Waals surface area contributed by atoms with Gasteiger partial charge >= 0.3 is 0 Å². The highest BCUT2D eigenvalue weighted by Crippen LogP contribution is 2.07. The highest BCUT2D eigenvalue weighted by molar-refractivity contribution is 7.88. The van der Waals surface area contributed by atoms with E-state index in [2.05, 4.69) is 5.32 Å². The molecule has 2 rings (SSSR count). The van der Waals surface area contributed by atoms with Gasteiger partial charge in [0.25, 0.3) is 0 Å². The summed E-state index contributed by atoms with van der Waals surface area (Å²) in [7, 11) is -3.12. The molecule has 0 aromatic heterocycles. The van der Waals surface area contributed by atoms with Crippen molar-refractivity contribution in [3.8, 4) is 0 Å². The summed E-state index contributed by atoms with van der Waals surface area (Å²) in [6.45, 7) is 2.33. The molecular formula is C13H19N3O3S. The lowest BCUT2D eigenvalue weighted by Crippen LogP contribution is -2.50. The van der Waals surface area contributed by atoms with Crippen LogP contribution in [0, 0.1) is 0 Å². The molecule has 0 spiro atoms. The molecule has 0 aliphatic carbocycles. The molecular weight excluding hydrogens is 278 g/mol. The van der Waals surface area contributed by atoms with Crippen molar-refractivity contribution >= 4 is 21.6 Å². The van der Waals surface area contributed by atoms with Crippen molar-refractivity contribution in [1.29, 1.82) is 0 Å². The van der Waals surface area contributed by atoms with Crippen molar-refractivity contribution in [2.45, 2.75) is 0 Å². The van der Waals surface area contributed by atoms with Gasteiger partial charge in [0, 0.05) is 31.9 Å². The number of anilines is 1. The van der Waals surface area contributed by atoms with Crippen LogP contribution in [0.1, 0.15) is 0 Å². The Kier molecular flexibility index (Phi) is 4.74. The summed E-state index contributed by atoms with van der Waals surface area (Å²) in [5, 5.41) is 2.82. The Balaban J connectivity index is 1.79. The standard InChI is InChI=1S/C13H19N3O3S/c1-20(18,19)16-9-7-15(8-10-16)11-13(17)14-12-5-3-2-4-6-12/h2-6H,7-11H2,1H3,(H,14,17). The average Bonchev–Trinajstić information content (AvgIpc) is 2.39. The molecule has 0 saturated carbocycles.